The van der Waals surface area contributed by atoms with E-state index in [1.165, 1.54) is 24.5 Å². The van der Waals surface area contributed by atoms with Crippen LogP contribution >= 0.6 is 11.6 Å². The van der Waals surface area contributed by atoms with E-state index in [0.717, 1.165) is 12.1 Å². The van der Waals surface area contributed by atoms with Crippen LogP contribution in [0, 0.1) is 0 Å². The second kappa shape index (κ2) is 6.60. The topological polar surface area (TPSA) is 61.0 Å². The molecule has 26 heavy (non-hydrogen) atoms. The summed E-state index contributed by atoms with van der Waals surface area (Å²) in [6.07, 6.45) is -1.42. The Hall–Kier alpha value is -2.61. The minimum absolute atomic E-state index is 0.153. The van der Waals surface area contributed by atoms with Crippen molar-refractivity contribution in [1.82, 2.24) is 15.2 Å². The number of aromatic nitrogens is 3. The van der Waals surface area contributed by atoms with Crippen LogP contribution in [0.3, 0.4) is 0 Å². The molecule has 2 aromatic heterocycles. The van der Waals surface area contributed by atoms with Crippen LogP contribution in [0.1, 0.15) is 25.3 Å². The second-order valence-corrected chi connectivity index (χ2v) is 6.31. The maximum atomic E-state index is 12.6. The molecule has 3 rings (SSSR count). The summed E-state index contributed by atoms with van der Waals surface area (Å²) in [7, 11) is 0. The number of rotatable bonds is 4. The number of benzene rings is 1. The van der Waals surface area contributed by atoms with Crippen LogP contribution in [0.25, 0.3) is 11.5 Å². The molecule has 0 aliphatic heterocycles. The van der Waals surface area contributed by atoms with Crippen molar-refractivity contribution in [2.75, 3.05) is 0 Å². The first-order valence-corrected chi connectivity index (χ1v) is 7.85. The number of nitrogens with zero attached hydrogens (tertiary/aromatic N) is 3. The lowest BCUT2D eigenvalue weighted by Crippen LogP contribution is -2.25. The van der Waals surface area contributed by atoms with Crippen LogP contribution in [0.2, 0.25) is 5.02 Å². The van der Waals surface area contributed by atoms with E-state index in [-0.39, 0.29) is 17.5 Å². The first-order chi connectivity index (χ1) is 12.2. The van der Waals surface area contributed by atoms with E-state index in [1.807, 2.05) is 0 Å². The summed E-state index contributed by atoms with van der Waals surface area (Å²) in [5, 5.41) is 8.25. The quantitative estimate of drug-likeness (QED) is 0.626. The van der Waals surface area contributed by atoms with E-state index in [0.29, 0.717) is 10.6 Å². The van der Waals surface area contributed by atoms with Gasteiger partial charge in [0.15, 0.2) is 5.60 Å². The lowest BCUT2D eigenvalue weighted by molar-refractivity contribution is -0.137. The van der Waals surface area contributed by atoms with E-state index < -0.39 is 17.3 Å². The van der Waals surface area contributed by atoms with Crippen LogP contribution in [0.4, 0.5) is 13.2 Å². The Balaban J connectivity index is 1.82. The third-order valence-corrected chi connectivity index (χ3v) is 3.80. The van der Waals surface area contributed by atoms with Gasteiger partial charge in [-0.3, -0.25) is 4.98 Å². The summed E-state index contributed by atoms with van der Waals surface area (Å²) in [6.45, 7) is 3.33. The molecule has 2 heterocycles. The molecule has 3 aromatic rings. The monoisotopic (exact) mass is 383 g/mol. The SMILES string of the molecule is CC(C)(Oc1ccc(C(F)(F)F)cc1)c1nnc(-c2ccncc2Cl)o1. The molecule has 0 radical (unpaired) electrons. The summed E-state index contributed by atoms with van der Waals surface area (Å²) in [4.78, 5) is 3.88. The highest BCUT2D eigenvalue weighted by Crippen LogP contribution is 2.33. The lowest BCUT2D eigenvalue weighted by Gasteiger charge is -2.22. The number of hydrogen-bond acceptors (Lipinski definition) is 5. The average Bonchev–Trinajstić information content (AvgIpc) is 3.05. The van der Waals surface area contributed by atoms with Crippen LogP contribution in [-0.4, -0.2) is 15.2 Å². The standard InChI is InChI=1S/C17H13ClF3N3O2/c1-16(2,26-11-5-3-10(4-6-11)17(19,20)21)15-24-23-14(25-15)12-7-8-22-9-13(12)18/h3-9H,1-2H3. The highest BCUT2D eigenvalue weighted by Gasteiger charge is 2.32. The number of alkyl halides is 3. The summed E-state index contributed by atoms with van der Waals surface area (Å²) in [5.74, 6) is 0.585. The van der Waals surface area contributed by atoms with Crippen molar-refractivity contribution < 1.29 is 22.3 Å². The summed E-state index contributed by atoms with van der Waals surface area (Å²) >= 11 is 6.05. The Labute approximate surface area is 151 Å². The zero-order valence-electron chi connectivity index (χ0n) is 13.7. The van der Waals surface area contributed by atoms with Gasteiger partial charge in [-0.15, -0.1) is 10.2 Å². The normalized spacial score (nSPS) is 12.2. The van der Waals surface area contributed by atoms with Gasteiger partial charge in [0.05, 0.1) is 16.1 Å². The van der Waals surface area contributed by atoms with Crippen LogP contribution in [0.15, 0.2) is 47.1 Å². The molecule has 5 nitrogen and oxygen atoms in total. The largest absolute Gasteiger partial charge is 0.478 e. The first-order valence-electron chi connectivity index (χ1n) is 7.47. The highest BCUT2D eigenvalue weighted by molar-refractivity contribution is 6.32. The van der Waals surface area contributed by atoms with E-state index in [9.17, 15) is 13.2 Å². The number of pyridine rings is 1. The van der Waals surface area contributed by atoms with Crippen LogP contribution in [-0.2, 0) is 11.8 Å². The van der Waals surface area contributed by atoms with Gasteiger partial charge in [0.2, 0.25) is 5.89 Å². The molecule has 0 atom stereocenters. The van der Waals surface area contributed by atoms with Gasteiger partial charge in [-0.05, 0) is 44.2 Å². The Bertz CT molecular complexity index is 908. The molecule has 0 N–H and O–H groups in total. The zero-order valence-corrected chi connectivity index (χ0v) is 14.5. The smallest absolute Gasteiger partial charge is 0.416 e. The Morgan fingerprint density at radius 1 is 1.04 bits per heavy atom. The molecule has 0 saturated carbocycles. The molecule has 1 aromatic carbocycles. The molecule has 136 valence electrons. The molecule has 0 spiro atoms. The van der Waals surface area contributed by atoms with Gasteiger partial charge >= 0.3 is 6.18 Å². The van der Waals surface area contributed by atoms with Crippen molar-refractivity contribution in [2.24, 2.45) is 0 Å². The molecule has 0 aliphatic carbocycles. The van der Waals surface area contributed by atoms with Crippen LogP contribution < -0.4 is 4.74 Å². The Morgan fingerprint density at radius 3 is 2.35 bits per heavy atom. The molecule has 0 amide bonds. The maximum absolute atomic E-state index is 12.6. The number of hydrogen-bond donors (Lipinski definition) is 0. The van der Waals surface area contributed by atoms with Crippen molar-refractivity contribution in [3.8, 4) is 17.2 Å². The van der Waals surface area contributed by atoms with Gasteiger partial charge in [-0.1, -0.05) is 11.6 Å². The van der Waals surface area contributed by atoms with Gasteiger partial charge in [0, 0.05) is 12.4 Å². The summed E-state index contributed by atoms with van der Waals surface area (Å²) in [5.41, 5.74) is -1.30. The maximum Gasteiger partial charge on any atom is 0.416 e. The fourth-order valence-corrected chi connectivity index (χ4v) is 2.37. The third kappa shape index (κ3) is 3.80. The van der Waals surface area contributed by atoms with Gasteiger partial charge in [-0.2, -0.15) is 13.2 Å². The predicted octanol–water partition coefficient (Wildman–Crippen LogP) is 5.12. The fraction of sp³-hybridized carbons (Fsp3) is 0.235. The minimum atomic E-state index is -4.40. The highest BCUT2D eigenvalue weighted by atomic mass is 35.5. The zero-order chi connectivity index (χ0) is 18.9. The van der Waals surface area contributed by atoms with Crippen LogP contribution in [0.5, 0.6) is 5.75 Å². The van der Waals surface area contributed by atoms with E-state index in [1.54, 1.807) is 19.9 Å². The molecular formula is C17H13ClF3N3O2. The number of halogens is 4. The predicted molar refractivity (Wildman–Crippen MR) is 87.6 cm³/mol. The number of ether oxygens (including phenoxy) is 1. The summed E-state index contributed by atoms with van der Waals surface area (Å²) < 4.78 is 49.2. The van der Waals surface area contributed by atoms with Crippen molar-refractivity contribution in [3.05, 3.63) is 59.2 Å². The molecule has 9 heteroatoms. The van der Waals surface area contributed by atoms with Crippen molar-refractivity contribution >= 4 is 11.6 Å². The molecule has 0 bridgehead atoms. The molecule has 0 unspecified atom stereocenters. The third-order valence-electron chi connectivity index (χ3n) is 3.50. The van der Waals surface area contributed by atoms with Gasteiger partial charge in [0.25, 0.3) is 5.89 Å². The molecular weight excluding hydrogens is 371 g/mol. The van der Waals surface area contributed by atoms with Gasteiger partial charge in [-0.25, -0.2) is 0 Å². The van der Waals surface area contributed by atoms with E-state index >= 15 is 0 Å². The van der Waals surface area contributed by atoms with Crippen molar-refractivity contribution in [2.45, 2.75) is 25.6 Å². The van der Waals surface area contributed by atoms with Gasteiger partial charge < -0.3 is 9.15 Å². The molecule has 0 aliphatic rings. The second-order valence-electron chi connectivity index (χ2n) is 5.90. The Kier molecular flexibility index (Phi) is 4.62. The van der Waals surface area contributed by atoms with E-state index in [4.69, 9.17) is 20.8 Å². The minimum Gasteiger partial charge on any atom is -0.478 e. The van der Waals surface area contributed by atoms with E-state index in [2.05, 4.69) is 15.2 Å². The van der Waals surface area contributed by atoms with Gasteiger partial charge in [0.1, 0.15) is 5.75 Å². The van der Waals surface area contributed by atoms with Crippen molar-refractivity contribution in [3.63, 3.8) is 0 Å². The Morgan fingerprint density at radius 2 is 1.73 bits per heavy atom. The fourth-order valence-electron chi connectivity index (χ4n) is 2.17. The summed E-state index contributed by atoms with van der Waals surface area (Å²) in [6, 6.07) is 6.00. The average molecular weight is 384 g/mol. The molecule has 0 saturated heterocycles. The van der Waals surface area contributed by atoms with Crippen molar-refractivity contribution in [1.29, 1.82) is 0 Å². The molecule has 0 fully saturated rings. The lowest BCUT2D eigenvalue weighted by atomic mass is 10.1. The first kappa shape index (κ1) is 18.2.